The summed E-state index contributed by atoms with van der Waals surface area (Å²) >= 11 is 3.60. The number of rotatable bonds is 6. The molecule has 63 heavy (non-hydrogen) atoms. The molecule has 6 aromatic carbocycles. The van der Waals surface area contributed by atoms with Gasteiger partial charge in [-0.2, -0.15) is 0 Å². The molecule has 0 spiro atoms. The zero-order chi connectivity index (χ0) is 46.7. The van der Waals surface area contributed by atoms with E-state index in [4.69, 9.17) is 0 Å². The fourth-order valence-electron chi connectivity index (χ4n) is 6.99. The van der Waals surface area contributed by atoms with Crippen LogP contribution in [0.2, 0.25) is 0 Å². The van der Waals surface area contributed by atoms with Crippen molar-refractivity contribution in [2.75, 3.05) is 0 Å². The average Bonchev–Trinajstić information content (AvgIpc) is 3.27. The topological polar surface area (TPSA) is 3.88 Å². The Morgan fingerprint density at radius 3 is 0.968 bits per heavy atom. The zero-order valence-electron chi connectivity index (χ0n) is 30.0. The van der Waals surface area contributed by atoms with Crippen LogP contribution in [0, 0.1) is 116 Å². The third-order valence-electron chi connectivity index (χ3n) is 9.74. The van der Waals surface area contributed by atoms with Crippen LogP contribution in [0.15, 0.2) is 71.5 Å². The van der Waals surface area contributed by atoms with Crippen molar-refractivity contribution in [2.24, 2.45) is 0 Å². The summed E-state index contributed by atoms with van der Waals surface area (Å²) < 4.78 is 297. The Hall–Kier alpha value is -6.13. The molecule has 0 atom stereocenters. The van der Waals surface area contributed by atoms with Crippen LogP contribution >= 0.6 is 15.9 Å². The first-order valence-electron chi connectivity index (χ1n) is 16.9. The molecule has 7 aromatic rings. The van der Waals surface area contributed by atoms with E-state index in [1.54, 1.807) is 0 Å². The molecule has 0 saturated heterocycles. The summed E-state index contributed by atoms with van der Waals surface area (Å²) in [4.78, 5) is 0. The van der Waals surface area contributed by atoms with Crippen LogP contribution in [-0.2, 0) is 6.54 Å². The molecule has 0 amide bonds. The molecule has 0 aliphatic heterocycles. The maximum Gasteiger partial charge on any atom is 0.200 e. The molecule has 0 saturated carbocycles. The highest BCUT2D eigenvalue weighted by Crippen LogP contribution is 2.31. The molecule has 7 rings (SSSR count). The minimum absolute atomic E-state index is 0.901. The molecule has 0 radical (unpaired) electrons. The van der Waals surface area contributed by atoms with E-state index in [1.165, 1.54) is 16.3 Å². The molecule has 23 heteroatoms. The van der Waals surface area contributed by atoms with Gasteiger partial charge in [-0.25, -0.2) is 92.4 Å². The first-order valence-corrected chi connectivity index (χ1v) is 17.7. The molecule has 0 aliphatic carbocycles. The van der Waals surface area contributed by atoms with Gasteiger partial charge < -0.3 is 0 Å². The molecule has 1 heterocycles. The standard InChI is InChI=1S/C24BF20.C16H13BrN/c26-5-1(6(27)14(35)21(42)13(5)34)25(2-7(28)15(36)22(43)16(37)8(2)29,3-9(30)17(38)23(44)18(39)10(3)31)4-11(32)19(40)24(45)20(41)12(4)33;17-16-8-4-7-14-9-10-18(12-15(14)16)11-13-5-2-1-3-6-13/h;1-10,12H,11H2/q-1;+1. The lowest BCUT2D eigenvalue weighted by atomic mass is 9.12. The Bertz CT molecular complexity index is 2620. The van der Waals surface area contributed by atoms with E-state index >= 15 is 35.1 Å². The van der Waals surface area contributed by atoms with E-state index < -0.39 is 144 Å². The van der Waals surface area contributed by atoms with Gasteiger partial charge in [0, 0.05) is 16.1 Å². The number of pyridine rings is 1. The van der Waals surface area contributed by atoms with Crippen molar-refractivity contribution in [2.45, 2.75) is 6.54 Å². The van der Waals surface area contributed by atoms with Crippen LogP contribution < -0.4 is 26.4 Å². The molecule has 0 unspecified atom stereocenters. The van der Waals surface area contributed by atoms with Crippen LogP contribution in [-0.4, -0.2) is 6.15 Å². The van der Waals surface area contributed by atoms with Gasteiger partial charge in [-0.15, -0.1) is 21.9 Å². The summed E-state index contributed by atoms with van der Waals surface area (Å²) in [5, 5.41) is 2.50. The average molecular weight is 978 g/mol. The number of hydrogen-bond donors (Lipinski definition) is 0. The maximum absolute atomic E-state index is 15.4. The SMILES string of the molecule is Brc1cccc2cc[n+](Cc3ccccc3)cc12.Fc1c(F)c(F)c([B-](c2c(F)c(F)c(F)c(F)c2F)(c2c(F)c(F)c(F)c(F)c2F)c2c(F)c(F)c(F)c(F)c2F)c(F)c1F. The minimum atomic E-state index is -7.22. The first kappa shape index (κ1) is 46.4. The van der Waals surface area contributed by atoms with Crippen molar-refractivity contribution in [3.05, 3.63) is 193 Å². The summed E-state index contributed by atoms with van der Waals surface area (Å²) in [6.45, 7) is 0.901. The molecule has 0 bridgehead atoms. The zero-order valence-corrected chi connectivity index (χ0v) is 31.6. The number of fused-ring (bicyclic) bond motifs is 1. The van der Waals surface area contributed by atoms with Gasteiger partial charge in [-0.1, -0.05) is 42.5 Å². The highest BCUT2D eigenvalue weighted by Gasteiger charge is 2.52. The number of hydrogen-bond acceptors (Lipinski definition) is 0. The van der Waals surface area contributed by atoms with Gasteiger partial charge in [0.05, 0.1) is 5.39 Å². The van der Waals surface area contributed by atoms with E-state index in [0.29, 0.717) is 0 Å². The van der Waals surface area contributed by atoms with Gasteiger partial charge in [0.1, 0.15) is 52.7 Å². The van der Waals surface area contributed by atoms with Gasteiger partial charge in [-0.05, 0) is 27.4 Å². The van der Waals surface area contributed by atoms with Crippen LogP contribution in [0.4, 0.5) is 87.8 Å². The maximum atomic E-state index is 15.4. The van der Waals surface area contributed by atoms with Crippen LogP contribution in [0.25, 0.3) is 10.8 Å². The van der Waals surface area contributed by atoms with Crippen molar-refractivity contribution in [1.82, 2.24) is 0 Å². The lowest BCUT2D eigenvalue weighted by Gasteiger charge is -2.44. The number of halogens is 21. The monoisotopic (exact) mass is 977 g/mol. The van der Waals surface area contributed by atoms with Crippen LogP contribution in [0.3, 0.4) is 0 Å². The quantitative estimate of drug-likeness (QED) is 0.0514. The third-order valence-corrected chi connectivity index (χ3v) is 10.4. The summed E-state index contributed by atoms with van der Waals surface area (Å²) in [6.07, 6.45) is -2.90. The van der Waals surface area contributed by atoms with Crippen LogP contribution in [0.5, 0.6) is 0 Å². The first-order chi connectivity index (χ1) is 29.5. The normalized spacial score (nSPS) is 11.6. The fourth-order valence-corrected chi connectivity index (χ4v) is 7.47. The molecular weight excluding hydrogens is 965 g/mol. The van der Waals surface area contributed by atoms with Crippen molar-refractivity contribution in [1.29, 1.82) is 0 Å². The summed E-state index contributed by atoms with van der Waals surface area (Å²) in [5.74, 6) is -71.4. The minimum Gasteiger partial charge on any atom is -0.207 e. The summed E-state index contributed by atoms with van der Waals surface area (Å²) in [5.41, 5.74) is -13.0. The second kappa shape index (κ2) is 17.2. The smallest absolute Gasteiger partial charge is 0.200 e. The number of nitrogens with zero attached hydrogens (tertiary/aromatic N) is 1. The lowest BCUT2D eigenvalue weighted by Crippen LogP contribution is -2.81. The van der Waals surface area contributed by atoms with Gasteiger partial charge in [-0.3, -0.25) is 0 Å². The Labute approximate surface area is 346 Å². The lowest BCUT2D eigenvalue weighted by molar-refractivity contribution is -0.687. The Kier molecular flexibility index (Phi) is 12.7. The van der Waals surface area contributed by atoms with E-state index in [-0.39, 0.29) is 0 Å². The van der Waals surface area contributed by atoms with Gasteiger partial charge in [0.25, 0.3) is 0 Å². The van der Waals surface area contributed by atoms with Crippen molar-refractivity contribution < 1.29 is 92.4 Å². The van der Waals surface area contributed by atoms with Crippen molar-refractivity contribution >= 4 is 54.7 Å². The van der Waals surface area contributed by atoms with E-state index in [1.807, 2.05) is 6.07 Å². The second-order valence-electron chi connectivity index (χ2n) is 13.1. The van der Waals surface area contributed by atoms with Gasteiger partial charge in [0.15, 0.2) is 88.7 Å². The third kappa shape index (κ3) is 7.32. The predicted molar refractivity (Wildman–Crippen MR) is 187 cm³/mol. The molecule has 0 fully saturated rings. The van der Waals surface area contributed by atoms with E-state index in [2.05, 4.69) is 81.4 Å². The highest BCUT2D eigenvalue weighted by molar-refractivity contribution is 9.10. The largest absolute Gasteiger partial charge is 0.207 e. The fraction of sp³-hybridized carbons (Fsp3) is 0.0250. The van der Waals surface area contributed by atoms with E-state index in [9.17, 15) is 52.7 Å². The van der Waals surface area contributed by atoms with Crippen molar-refractivity contribution in [3.8, 4) is 0 Å². The van der Waals surface area contributed by atoms with E-state index in [0.717, 1.165) is 11.0 Å². The predicted octanol–water partition coefficient (Wildman–Crippen LogP) is 9.78. The Morgan fingerprint density at radius 1 is 0.349 bits per heavy atom. The molecule has 328 valence electrons. The highest BCUT2D eigenvalue weighted by atomic mass is 79.9. The van der Waals surface area contributed by atoms with Crippen molar-refractivity contribution in [3.63, 3.8) is 0 Å². The van der Waals surface area contributed by atoms with Gasteiger partial charge in [0.2, 0.25) is 0 Å². The number of aromatic nitrogens is 1. The summed E-state index contributed by atoms with van der Waals surface area (Å²) in [7, 11) is 0. The second-order valence-corrected chi connectivity index (χ2v) is 14.0. The molecule has 0 N–H and O–H groups in total. The van der Waals surface area contributed by atoms with Gasteiger partial charge >= 0.3 is 0 Å². The molecule has 1 nitrogen and oxygen atoms in total. The Morgan fingerprint density at radius 2 is 0.651 bits per heavy atom. The number of benzene rings is 6. The van der Waals surface area contributed by atoms with Crippen LogP contribution in [0.1, 0.15) is 5.56 Å². The molecular formula is C40H13BBrF20N. The summed E-state index contributed by atoms with van der Waals surface area (Å²) in [6, 6.07) is 18.9. The molecule has 0 aliphatic rings. The molecule has 1 aromatic heterocycles. The Balaban J connectivity index is 0.000000302.